The molecule has 0 aliphatic heterocycles. The van der Waals surface area contributed by atoms with Gasteiger partial charge in [0.15, 0.2) is 5.96 Å². The highest BCUT2D eigenvalue weighted by atomic mass is 127. The van der Waals surface area contributed by atoms with E-state index in [4.69, 9.17) is 16.3 Å². The molecule has 0 spiro atoms. The number of halogens is 2. The van der Waals surface area contributed by atoms with Crippen molar-refractivity contribution in [2.45, 2.75) is 26.4 Å². The first-order chi connectivity index (χ1) is 11.6. The number of nitrogens with zero attached hydrogens (tertiary/aromatic N) is 2. The lowest BCUT2D eigenvalue weighted by molar-refractivity contribution is 0.224. The minimum Gasteiger partial charge on any atom is -0.489 e. The van der Waals surface area contributed by atoms with Crippen LogP contribution in [0.1, 0.15) is 16.8 Å². The van der Waals surface area contributed by atoms with E-state index in [-0.39, 0.29) is 30.1 Å². The van der Waals surface area contributed by atoms with Crippen molar-refractivity contribution in [3.63, 3.8) is 0 Å². The van der Waals surface area contributed by atoms with Crippen LogP contribution >= 0.6 is 46.9 Å². The Balaban J connectivity index is 0.00000312. The van der Waals surface area contributed by atoms with Gasteiger partial charge in [-0.05, 0) is 38.1 Å². The van der Waals surface area contributed by atoms with Crippen molar-refractivity contribution in [2.24, 2.45) is 4.99 Å². The number of hydrogen-bond acceptors (Lipinski definition) is 4. The van der Waals surface area contributed by atoms with Crippen molar-refractivity contribution in [1.29, 1.82) is 0 Å². The standard InChI is InChI=1S/C17H23ClN4OS.HI/c1-12(23-15-6-4-14(18)5-7-15)10-22-17(19-3)20-9-8-16-21-11-13(2)24-16;/h4-7,11-12H,8-10H2,1-3H3,(H2,19,20,22);1H. The van der Waals surface area contributed by atoms with Crippen LogP contribution in [0.4, 0.5) is 0 Å². The fraction of sp³-hybridized carbons (Fsp3) is 0.412. The Kier molecular flexibility index (Phi) is 10.1. The van der Waals surface area contributed by atoms with Crippen LogP contribution in [-0.2, 0) is 6.42 Å². The summed E-state index contributed by atoms with van der Waals surface area (Å²) >= 11 is 7.59. The van der Waals surface area contributed by atoms with E-state index in [0.717, 1.165) is 29.7 Å². The second kappa shape index (κ2) is 11.5. The fourth-order valence-electron chi connectivity index (χ4n) is 2.05. The molecule has 2 aromatic rings. The van der Waals surface area contributed by atoms with Crippen LogP contribution in [0.3, 0.4) is 0 Å². The minimum absolute atomic E-state index is 0. The summed E-state index contributed by atoms with van der Waals surface area (Å²) in [6.07, 6.45) is 2.80. The molecule has 0 radical (unpaired) electrons. The number of guanidine groups is 1. The van der Waals surface area contributed by atoms with Crippen LogP contribution in [0.2, 0.25) is 5.02 Å². The van der Waals surface area contributed by atoms with E-state index in [1.165, 1.54) is 4.88 Å². The molecule has 0 aliphatic carbocycles. The maximum atomic E-state index is 5.87. The number of benzene rings is 1. The quantitative estimate of drug-likeness (QED) is 0.348. The van der Waals surface area contributed by atoms with Crippen molar-refractivity contribution in [3.05, 3.63) is 45.4 Å². The average Bonchev–Trinajstić information content (AvgIpc) is 2.98. The van der Waals surface area contributed by atoms with Crippen molar-refractivity contribution < 1.29 is 4.74 Å². The Morgan fingerprint density at radius 2 is 2.04 bits per heavy atom. The summed E-state index contributed by atoms with van der Waals surface area (Å²) in [5.41, 5.74) is 0. The third-order valence-corrected chi connectivity index (χ3v) is 4.46. The molecular weight excluding hydrogens is 471 g/mol. The molecule has 2 N–H and O–H groups in total. The number of rotatable bonds is 7. The number of aryl methyl sites for hydroxylation is 1. The number of aromatic nitrogens is 1. The van der Waals surface area contributed by atoms with E-state index in [1.807, 2.05) is 37.4 Å². The summed E-state index contributed by atoms with van der Waals surface area (Å²) in [6.45, 7) is 5.52. The zero-order chi connectivity index (χ0) is 17.4. The number of ether oxygens (including phenoxy) is 1. The molecule has 1 aromatic heterocycles. The molecule has 2 rings (SSSR count). The summed E-state index contributed by atoms with van der Waals surface area (Å²) in [6, 6.07) is 7.36. The van der Waals surface area contributed by atoms with Crippen LogP contribution in [0, 0.1) is 6.92 Å². The lowest BCUT2D eigenvalue weighted by Gasteiger charge is -2.17. The van der Waals surface area contributed by atoms with Gasteiger partial charge >= 0.3 is 0 Å². The first kappa shape index (κ1) is 22.0. The highest BCUT2D eigenvalue weighted by Gasteiger charge is 2.06. The van der Waals surface area contributed by atoms with Crippen molar-refractivity contribution in [3.8, 4) is 5.75 Å². The van der Waals surface area contributed by atoms with Gasteiger partial charge in [-0.15, -0.1) is 35.3 Å². The molecule has 0 saturated heterocycles. The SMILES string of the molecule is CN=C(NCCc1ncc(C)s1)NCC(C)Oc1ccc(Cl)cc1.I. The van der Waals surface area contributed by atoms with E-state index in [0.29, 0.717) is 11.6 Å². The normalized spacial score (nSPS) is 12.2. The Bertz CT molecular complexity index is 663. The molecular formula is C17H24ClIN4OS. The highest BCUT2D eigenvalue weighted by Crippen LogP contribution is 2.16. The van der Waals surface area contributed by atoms with Gasteiger partial charge in [0, 0.05) is 36.1 Å². The molecule has 0 amide bonds. The minimum atomic E-state index is 0. The Hall–Kier alpha value is -1.06. The molecule has 0 bridgehead atoms. The number of thiazole rings is 1. The van der Waals surface area contributed by atoms with Crippen molar-refractivity contribution >= 4 is 52.9 Å². The Morgan fingerprint density at radius 3 is 2.64 bits per heavy atom. The highest BCUT2D eigenvalue weighted by molar-refractivity contribution is 14.0. The summed E-state index contributed by atoms with van der Waals surface area (Å²) < 4.78 is 5.83. The van der Waals surface area contributed by atoms with Crippen LogP contribution in [-0.4, -0.2) is 37.2 Å². The summed E-state index contributed by atoms with van der Waals surface area (Å²) in [7, 11) is 1.76. The average molecular weight is 495 g/mol. The van der Waals surface area contributed by atoms with Gasteiger partial charge in [0.05, 0.1) is 11.6 Å². The topological polar surface area (TPSA) is 58.5 Å². The summed E-state index contributed by atoms with van der Waals surface area (Å²) in [4.78, 5) is 9.81. The van der Waals surface area contributed by atoms with E-state index in [9.17, 15) is 0 Å². The largest absolute Gasteiger partial charge is 0.489 e. The van der Waals surface area contributed by atoms with Gasteiger partial charge in [0.1, 0.15) is 11.9 Å². The third-order valence-electron chi connectivity index (χ3n) is 3.23. The van der Waals surface area contributed by atoms with Crippen molar-refractivity contribution in [2.75, 3.05) is 20.1 Å². The van der Waals surface area contributed by atoms with Gasteiger partial charge in [-0.25, -0.2) is 4.98 Å². The Morgan fingerprint density at radius 1 is 1.32 bits per heavy atom. The van der Waals surface area contributed by atoms with Gasteiger partial charge in [0.25, 0.3) is 0 Å². The van der Waals surface area contributed by atoms with Gasteiger partial charge in [-0.2, -0.15) is 0 Å². The monoisotopic (exact) mass is 494 g/mol. The number of aliphatic imine (C=N–C) groups is 1. The molecule has 5 nitrogen and oxygen atoms in total. The zero-order valence-corrected chi connectivity index (χ0v) is 18.5. The van der Waals surface area contributed by atoms with Crippen LogP contribution < -0.4 is 15.4 Å². The van der Waals surface area contributed by atoms with E-state index in [1.54, 1.807) is 18.4 Å². The molecule has 1 heterocycles. The molecule has 138 valence electrons. The second-order valence-corrected chi connectivity index (χ2v) is 7.13. The molecule has 0 fully saturated rings. The molecule has 0 saturated carbocycles. The lowest BCUT2D eigenvalue weighted by Crippen LogP contribution is -2.42. The molecule has 1 aromatic carbocycles. The first-order valence-electron chi connectivity index (χ1n) is 7.85. The van der Waals surface area contributed by atoms with E-state index in [2.05, 4.69) is 27.5 Å². The lowest BCUT2D eigenvalue weighted by atomic mass is 10.3. The smallest absolute Gasteiger partial charge is 0.191 e. The molecule has 1 unspecified atom stereocenters. The Labute approximate surface area is 175 Å². The van der Waals surface area contributed by atoms with E-state index >= 15 is 0 Å². The molecule has 1 atom stereocenters. The number of hydrogen-bond donors (Lipinski definition) is 2. The van der Waals surface area contributed by atoms with Gasteiger partial charge in [-0.1, -0.05) is 11.6 Å². The second-order valence-electron chi connectivity index (χ2n) is 5.38. The van der Waals surface area contributed by atoms with Crippen LogP contribution in [0.25, 0.3) is 0 Å². The predicted octanol–water partition coefficient (Wildman–Crippen LogP) is 3.90. The number of nitrogens with one attached hydrogen (secondary N) is 2. The summed E-state index contributed by atoms with van der Waals surface area (Å²) in [5, 5.41) is 8.39. The maximum absolute atomic E-state index is 5.87. The van der Waals surface area contributed by atoms with Crippen LogP contribution in [0.15, 0.2) is 35.5 Å². The van der Waals surface area contributed by atoms with Gasteiger partial charge in [0.2, 0.25) is 0 Å². The van der Waals surface area contributed by atoms with Gasteiger partial charge < -0.3 is 15.4 Å². The molecule has 8 heteroatoms. The van der Waals surface area contributed by atoms with Crippen molar-refractivity contribution in [1.82, 2.24) is 15.6 Å². The maximum Gasteiger partial charge on any atom is 0.191 e. The zero-order valence-electron chi connectivity index (χ0n) is 14.6. The molecule has 0 aliphatic rings. The van der Waals surface area contributed by atoms with Gasteiger partial charge in [-0.3, -0.25) is 4.99 Å². The fourth-order valence-corrected chi connectivity index (χ4v) is 2.97. The van der Waals surface area contributed by atoms with Crippen LogP contribution in [0.5, 0.6) is 5.75 Å². The third kappa shape index (κ3) is 8.24. The predicted molar refractivity (Wildman–Crippen MR) is 117 cm³/mol. The molecule has 25 heavy (non-hydrogen) atoms. The first-order valence-corrected chi connectivity index (χ1v) is 9.04. The summed E-state index contributed by atoms with van der Waals surface area (Å²) in [5.74, 6) is 1.56. The van der Waals surface area contributed by atoms with E-state index < -0.39 is 0 Å².